The number of aryl methyl sites for hydroxylation is 2. The largest absolute Gasteiger partial charge is 0.328 e. The summed E-state index contributed by atoms with van der Waals surface area (Å²) in [4.78, 5) is 17.7. The van der Waals surface area contributed by atoms with Crippen LogP contribution in [-0.2, 0) is 13.0 Å². The van der Waals surface area contributed by atoms with Crippen LogP contribution in [0.5, 0.6) is 0 Å². The molecule has 0 bridgehead atoms. The minimum Gasteiger partial charge on any atom is -0.299 e. The van der Waals surface area contributed by atoms with E-state index in [1.54, 1.807) is 39.9 Å². The molecule has 1 unspecified atom stereocenters. The molecule has 5 rings (SSSR count). The Balaban J connectivity index is 1.32. The highest BCUT2D eigenvalue weighted by atomic mass is 19.1. The lowest BCUT2D eigenvalue weighted by molar-refractivity contribution is 0.478. The van der Waals surface area contributed by atoms with Gasteiger partial charge in [0, 0.05) is 41.8 Å². The van der Waals surface area contributed by atoms with Crippen molar-refractivity contribution < 1.29 is 4.39 Å². The van der Waals surface area contributed by atoms with Crippen LogP contribution in [0.1, 0.15) is 36.9 Å². The number of H-pyrrole nitrogens is 1. The number of hydrogen-bond acceptors (Lipinski definition) is 5. The topological polar surface area (TPSA) is 94.3 Å². The normalized spacial score (nSPS) is 12.1. The van der Waals surface area contributed by atoms with Gasteiger partial charge in [0.25, 0.3) is 0 Å². The Morgan fingerprint density at radius 3 is 2.61 bits per heavy atom. The lowest BCUT2D eigenvalue weighted by Gasteiger charge is -2.18. The third-order valence-corrected chi connectivity index (χ3v) is 6.30. The molecule has 0 aliphatic carbocycles. The van der Waals surface area contributed by atoms with Crippen LogP contribution in [0.25, 0.3) is 22.6 Å². The number of benzene rings is 2. The molecule has 8 nitrogen and oxygen atoms in total. The van der Waals surface area contributed by atoms with Crippen molar-refractivity contribution >= 4 is 0 Å². The van der Waals surface area contributed by atoms with Crippen molar-refractivity contribution in [2.24, 2.45) is 0 Å². The molecule has 1 atom stereocenters. The second-order valence-electron chi connectivity index (χ2n) is 8.59. The van der Waals surface area contributed by atoms with E-state index in [2.05, 4.69) is 25.6 Å². The van der Waals surface area contributed by atoms with E-state index < -0.39 is 0 Å². The third-order valence-electron chi connectivity index (χ3n) is 6.30. The smallest absolute Gasteiger partial charge is 0.299 e. The lowest BCUT2D eigenvalue weighted by atomic mass is 10.0. The highest BCUT2D eigenvalue weighted by Crippen LogP contribution is 2.28. The molecule has 0 amide bonds. The number of tetrazole rings is 1. The quantitative estimate of drug-likeness (QED) is 0.329. The molecule has 9 heteroatoms. The number of nitrogens with zero attached hydrogens (tertiary/aromatic N) is 6. The van der Waals surface area contributed by atoms with Crippen LogP contribution in [0.3, 0.4) is 0 Å². The number of nitrogens with one attached hydrogen (secondary N) is 1. The third kappa shape index (κ3) is 4.72. The van der Waals surface area contributed by atoms with Crippen molar-refractivity contribution in [1.82, 2.24) is 34.7 Å². The fourth-order valence-electron chi connectivity index (χ4n) is 4.47. The number of pyridine rings is 1. The van der Waals surface area contributed by atoms with Gasteiger partial charge in [-0.05, 0) is 41.8 Å². The van der Waals surface area contributed by atoms with Gasteiger partial charge in [-0.15, -0.1) is 10.2 Å². The molecule has 3 aromatic heterocycles. The Labute approximate surface area is 207 Å². The molecule has 0 aliphatic heterocycles. The van der Waals surface area contributed by atoms with Gasteiger partial charge in [0.1, 0.15) is 5.82 Å². The van der Waals surface area contributed by atoms with Crippen LogP contribution in [0.15, 0.2) is 84.0 Å². The molecule has 36 heavy (non-hydrogen) atoms. The second-order valence-corrected chi connectivity index (χ2v) is 8.59. The highest BCUT2D eigenvalue weighted by molar-refractivity contribution is 5.76. The number of hydrogen-bond donors (Lipinski definition) is 1. The molecule has 0 saturated carbocycles. The summed E-state index contributed by atoms with van der Waals surface area (Å²) in [7, 11) is 0. The fraction of sp³-hybridized carbons (Fsp3) is 0.222. The summed E-state index contributed by atoms with van der Waals surface area (Å²) in [5, 5.41) is 14.3. The van der Waals surface area contributed by atoms with Crippen LogP contribution >= 0.6 is 0 Å². The zero-order chi connectivity index (χ0) is 24.9. The van der Waals surface area contributed by atoms with Gasteiger partial charge in [0.2, 0.25) is 5.82 Å². The predicted octanol–water partition coefficient (Wildman–Crippen LogP) is 4.66. The van der Waals surface area contributed by atoms with Crippen LogP contribution in [0.2, 0.25) is 0 Å². The lowest BCUT2D eigenvalue weighted by Crippen LogP contribution is -2.28. The summed E-state index contributed by atoms with van der Waals surface area (Å²) >= 11 is 0. The first kappa shape index (κ1) is 23.3. The van der Waals surface area contributed by atoms with E-state index in [0.717, 1.165) is 28.8 Å². The van der Waals surface area contributed by atoms with Crippen molar-refractivity contribution in [2.45, 2.75) is 38.8 Å². The van der Waals surface area contributed by atoms with Crippen molar-refractivity contribution in [3.63, 3.8) is 0 Å². The zero-order valence-corrected chi connectivity index (χ0v) is 19.9. The Morgan fingerprint density at radius 2 is 1.86 bits per heavy atom. The van der Waals surface area contributed by atoms with Crippen LogP contribution in [0.4, 0.5) is 4.39 Å². The minimum atomic E-state index is -0.323. The minimum absolute atomic E-state index is 0.133. The molecule has 5 aromatic rings. The standard InChI is InChI=1S/C27H26FN7O/c1-2-6-24(21-7-3-4-9-23(21)28)35-18-17-34(27(35)36)16-14-19-10-12-20(13-11-19)25-22(8-5-15-29-25)26-30-32-33-31-26/h3-5,7-13,15,17-18,24H,2,6,14,16H2,1H3,(H,30,31,32,33). The maximum atomic E-state index is 14.5. The molecule has 182 valence electrons. The summed E-state index contributed by atoms with van der Waals surface area (Å²) in [6.45, 7) is 2.56. The van der Waals surface area contributed by atoms with Crippen LogP contribution in [0, 0.1) is 5.82 Å². The van der Waals surface area contributed by atoms with Crippen LogP contribution < -0.4 is 5.69 Å². The molecule has 0 radical (unpaired) electrons. The maximum absolute atomic E-state index is 14.5. The van der Waals surface area contributed by atoms with Crippen molar-refractivity contribution in [3.05, 3.63) is 107 Å². The first-order valence-electron chi connectivity index (χ1n) is 12.0. The average Bonchev–Trinajstić information content (AvgIpc) is 3.57. The predicted molar refractivity (Wildman–Crippen MR) is 135 cm³/mol. The molecule has 3 heterocycles. The number of rotatable bonds is 9. The summed E-state index contributed by atoms with van der Waals surface area (Å²) in [5.74, 6) is 0.203. The van der Waals surface area contributed by atoms with Crippen molar-refractivity contribution in [2.75, 3.05) is 0 Å². The van der Waals surface area contributed by atoms with E-state index >= 15 is 0 Å². The monoisotopic (exact) mass is 483 g/mol. The Hall–Kier alpha value is -4.40. The van der Waals surface area contributed by atoms with Gasteiger partial charge in [-0.1, -0.05) is 55.8 Å². The van der Waals surface area contributed by atoms with Gasteiger partial charge in [0.05, 0.1) is 11.7 Å². The van der Waals surface area contributed by atoms with Crippen molar-refractivity contribution in [1.29, 1.82) is 0 Å². The van der Waals surface area contributed by atoms with Gasteiger partial charge in [-0.25, -0.2) is 9.18 Å². The first-order valence-corrected chi connectivity index (χ1v) is 12.0. The summed E-state index contributed by atoms with van der Waals surface area (Å²) < 4.78 is 17.8. The summed E-state index contributed by atoms with van der Waals surface area (Å²) in [5.41, 5.74) is 4.01. The summed E-state index contributed by atoms with van der Waals surface area (Å²) in [6.07, 6.45) is 7.49. The maximum Gasteiger partial charge on any atom is 0.328 e. The SMILES string of the molecule is CCCC(c1ccccc1F)n1ccn(CCc2ccc(-c3ncccc3-c3nn[nH]n3)cc2)c1=O. The molecular weight excluding hydrogens is 457 g/mol. The number of aromatic nitrogens is 7. The molecular formula is C27H26FN7O. The molecule has 0 fully saturated rings. The van der Waals surface area contributed by atoms with Gasteiger partial charge in [-0.3, -0.25) is 14.1 Å². The summed E-state index contributed by atoms with van der Waals surface area (Å²) in [6, 6.07) is 18.2. The second kappa shape index (κ2) is 10.5. The molecule has 1 N–H and O–H groups in total. The van der Waals surface area contributed by atoms with E-state index in [1.807, 2.05) is 49.4 Å². The molecule has 2 aromatic carbocycles. The average molecular weight is 484 g/mol. The van der Waals surface area contributed by atoms with E-state index in [4.69, 9.17) is 0 Å². The van der Waals surface area contributed by atoms with Crippen LogP contribution in [-0.4, -0.2) is 34.7 Å². The highest BCUT2D eigenvalue weighted by Gasteiger charge is 2.19. The van der Waals surface area contributed by atoms with E-state index in [0.29, 0.717) is 30.8 Å². The Kier molecular flexibility index (Phi) is 6.79. The fourth-order valence-corrected chi connectivity index (χ4v) is 4.47. The van der Waals surface area contributed by atoms with E-state index in [9.17, 15) is 9.18 Å². The Morgan fingerprint density at radius 1 is 1.03 bits per heavy atom. The molecule has 0 aliphatic rings. The van der Waals surface area contributed by atoms with Gasteiger partial charge in [0.15, 0.2) is 0 Å². The number of imidazole rings is 1. The van der Waals surface area contributed by atoms with Gasteiger partial charge < -0.3 is 0 Å². The van der Waals surface area contributed by atoms with E-state index in [1.165, 1.54) is 6.07 Å². The number of aromatic amines is 1. The van der Waals surface area contributed by atoms with E-state index in [-0.39, 0.29) is 17.5 Å². The molecule has 0 saturated heterocycles. The zero-order valence-electron chi connectivity index (χ0n) is 19.9. The first-order chi connectivity index (χ1) is 17.7. The van der Waals surface area contributed by atoms with Gasteiger partial charge >= 0.3 is 5.69 Å². The van der Waals surface area contributed by atoms with Gasteiger partial charge in [-0.2, -0.15) is 5.21 Å². The Bertz CT molecular complexity index is 1490. The van der Waals surface area contributed by atoms with Crippen molar-refractivity contribution in [3.8, 4) is 22.6 Å². The number of halogens is 1. The molecule has 0 spiro atoms.